The van der Waals surface area contributed by atoms with Crippen molar-refractivity contribution in [2.24, 2.45) is 0 Å². The number of amides is 1. The van der Waals surface area contributed by atoms with Gasteiger partial charge >= 0.3 is 0 Å². The van der Waals surface area contributed by atoms with Crippen LogP contribution in [0.25, 0.3) is 16.9 Å². The van der Waals surface area contributed by atoms with Crippen LogP contribution in [0.2, 0.25) is 0 Å². The molecule has 8 nitrogen and oxygen atoms in total. The van der Waals surface area contributed by atoms with Crippen LogP contribution in [-0.2, 0) is 19.9 Å². The van der Waals surface area contributed by atoms with E-state index in [1.807, 2.05) is 23.6 Å². The maximum absolute atomic E-state index is 11.3. The predicted octanol–water partition coefficient (Wildman–Crippen LogP) is 2.34. The molecule has 3 aromatic rings. The van der Waals surface area contributed by atoms with Crippen molar-refractivity contribution in [1.82, 2.24) is 19.5 Å². The molecule has 0 unspecified atom stereocenters. The Morgan fingerprint density at radius 1 is 1.33 bits per heavy atom. The lowest BCUT2D eigenvalue weighted by molar-refractivity contribution is -0.114. The molecule has 4 rings (SSSR count). The zero-order valence-electron chi connectivity index (χ0n) is 15.5. The summed E-state index contributed by atoms with van der Waals surface area (Å²) in [4.78, 5) is 24.8. The maximum Gasteiger partial charge on any atom is 0.222 e. The van der Waals surface area contributed by atoms with Crippen molar-refractivity contribution < 1.29 is 14.3 Å². The van der Waals surface area contributed by atoms with Gasteiger partial charge in [0.25, 0.3) is 0 Å². The topological polar surface area (TPSA) is 91.2 Å². The lowest BCUT2D eigenvalue weighted by Gasteiger charge is -2.26. The minimum Gasteiger partial charge on any atom is -0.378 e. The number of carbonyl (C=O) groups is 1. The van der Waals surface area contributed by atoms with Crippen LogP contribution in [0.4, 0.5) is 5.82 Å². The van der Waals surface area contributed by atoms with Crippen molar-refractivity contribution in [1.29, 1.82) is 0 Å². The number of nitrogens with one attached hydrogen (secondary N) is 1. The predicted molar refractivity (Wildman–Crippen MR) is 99.8 cm³/mol. The first-order valence-corrected chi connectivity index (χ1v) is 8.74. The van der Waals surface area contributed by atoms with Gasteiger partial charge in [-0.1, -0.05) is 0 Å². The molecule has 0 bridgehead atoms. The minimum atomic E-state index is -0.528. The van der Waals surface area contributed by atoms with Crippen molar-refractivity contribution in [2.45, 2.75) is 25.9 Å². The van der Waals surface area contributed by atoms with Crippen molar-refractivity contribution in [3.8, 4) is 5.82 Å². The molecule has 4 heterocycles. The van der Waals surface area contributed by atoms with E-state index in [0.717, 1.165) is 34.5 Å². The first-order chi connectivity index (χ1) is 13.0. The van der Waals surface area contributed by atoms with Crippen molar-refractivity contribution in [3.63, 3.8) is 0 Å². The highest BCUT2D eigenvalue weighted by atomic mass is 16.5. The molecule has 1 aliphatic rings. The highest BCUT2D eigenvalue weighted by Gasteiger charge is 2.38. The summed E-state index contributed by atoms with van der Waals surface area (Å²) in [5.74, 6) is 1.03. The van der Waals surface area contributed by atoms with E-state index in [-0.39, 0.29) is 5.91 Å². The van der Waals surface area contributed by atoms with E-state index in [4.69, 9.17) is 14.5 Å². The number of hydrogen-bond donors (Lipinski definition) is 1. The molecule has 27 heavy (non-hydrogen) atoms. The zero-order chi connectivity index (χ0) is 19.0. The normalized spacial score (nSPS) is 19.5. The van der Waals surface area contributed by atoms with E-state index in [0.29, 0.717) is 19.0 Å². The number of ether oxygens (including phenoxy) is 2. The van der Waals surface area contributed by atoms with Crippen molar-refractivity contribution >= 4 is 22.8 Å². The van der Waals surface area contributed by atoms with E-state index in [9.17, 15) is 4.79 Å². The number of nitrogens with zero attached hydrogens (tertiary/aromatic N) is 4. The van der Waals surface area contributed by atoms with E-state index < -0.39 is 5.60 Å². The molecule has 8 heteroatoms. The van der Waals surface area contributed by atoms with Gasteiger partial charge < -0.3 is 14.8 Å². The Morgan fingerprint density at radius 2 is 2.19 bits per heavy atom. The Kier molecular flexibility index (Phi) is 4.37. The fourth-order valence-electron chi connectivity index (χ4n) is 3.36. The van der Waals surface area contributed by atoms with Crippen molar-refractivity contribution in [2.75, 3.05) is 25.6 Å². The Labute approximate surface area is 156 Å². The monoisotopic (exact) mass is 367 g/mol. The Bertz CT molecular complexity index is 1010. The van der Waals surface area contributed by atoms with Gasteiger partial charge in [-0.15, -0.1) is 0 Å². The number of aryl methyl sites for hydroxylation is 1. The average Bonchev–Trinajstić information content (AvgIpc) is 3.28. The van der Waals surface area contributed by atoms with Crippen LogP contribution in [0.15, 0.2) is 30.7 Å². The molecule has 0 spiro atoms. The smallest absolute Gasteiger partial charge is 0.222 e. The van der Waals surface area contributed by atoms with Gasteiger partial charge in [0.05, 0.1) is 24.0 Å². The third kappa shape index (κ3) is 3.17. The largest absolute Gasteiger partial charge is 0.378 e. The molecule has 0 radical (unpaired) electrons. The van der Waals surface area contributed by atoms with Gasteiger partial charge in [0.2, 0.25) is 5.91 Å². The fourth-order valence-corrected chi connectivity index (χ4v) is 3.36. The van der Waals surface area contributed by atoms with Crippen LogP contribution >= 0.6 is 0 Å². The molecule has 3 aromatic heterocycles. The summed E-state index contributed by atoms with van der Waals surface area (Å²) in [5.41, 5.74) is 2.92. The average molecular weight is 367 g/mol. The van der Waals surface area contributed by atoms with Gasteiger partial charge in [0.1, 0.15) is 29.1 Å². The summed E-state index contributed by atoms with van der Waals surface area (Å²) in [6.45, 7) is 4.61. The summed E-state index contributed by atoms with van der Waals surface area (Å²) >= 11 is 0. The van der Waals surface area contributed by atoms with Crippen LogP contribution in [0.5, 0.6) is 0 Å². The molecule has 1 saturated heterocycles. The number of anilines is 1. The van der Waals surface area contributed by atoms with E-state index in [1.165, 1.54) is 6.92 Å². The Morgan fingerprint density at radius 3 is 2.89 bits per heavy atom. The fraction of sp³-hybridized carbons (Fsp3) is 0.368. The number of fused-ring (bicyclic) bond motifs is 1. The second kappa shape index (κ2) is 6.71. The number of hydrogen-bond acceptors (Lipinski definition) is 6. The third-order valence-corrected chi connectivity index (χ3v) is 4.78. The maximum atomic E-state index is 11.3. The first kappa shape index (κ1) is 17.6. The van der Waals surface area contributed by atoms with Gasteiger partial charge in [-0.3, -0.25) is 9.36 Å². The number of pyridine rings is 2. The summed E-state index contributed by atoms with van der Waals surface area (Å²) in [5, 5.41) is 2.70. The quantitative estimate of drug-likeness (QED) is 0.761. The summed E-state index contributed by atoms with van der Waals surface area (Å²) < 4.78 is 13.2. The van der Waals surface area contributed by atoms with Crippen LogP contribution < -0.4 is 5.32 Å². The van der Waals surface area contributed by atoms with Gasteiger partial charge in [-0.25, -0.2) is 15.0 Å². The highest BCUT2D eigenvalue weighted by Crippen LogP contribution is 2.34. The number of carbonyl (C=O) groups excluding carboxylic acids is 1. The molecule has 1 fully saturated rings. The van der Waals surface area contributed by atoms with Crippen LogP contribution in [0.1, 0.15) is 24.6 Å². The molecular formula is C19H21N5O3. The first-order valence-electron chi connectivity index (χ1n) is 8.74. The second-order valence-corrected chi connectivity index (χ2v) is 6.74. The number of rotatable bonds is 4. The zero-order valence-corrected chi connectivity index (χ0v) is 15.5. The second-order valence-electron chi connectivity index (χ2n) is 6.74. The van der Waals surface area contributed by atoms with Crippen molar-refractivity contribution in [3.05, 3.63) is 42.0 Å². The SMILES string of the molecule is CO[C@]1(c2cc(C)cc(-n3cnc4cnc(NC(C)=O)cc43)n2)CCOC1. The molecule has 1 amide bonds. The molecular weight excluding hydrogens is 346 g/mol. The molecule has 1 atom stereocenters. The highest BCUT2D eigenvalue weighted by molar-refractivity contribution is 5.90. The van der Waals surface area contributed by atoms with Gasteiger partial charge in [-0.05, 0) is 24.6 Å². The van der Waals surface area contributed by atoms with E-state index in [2.05, 4.69) is 15.3 Å². The lowest BCUT2D eigenvalue weighted by Crippen LogP contribution is -2.30. The molecule has 1 aliphatic heterocycles. The Balaban J connectivity index is 1.82. The van der Waals surface area contributed by atoms with Crippen LogP contribution in [0.3, 0.4) is 0 Å². The van der Waals surface area contributed by atoms with Gasteiger partial charge in [-0.2, -0.15) is 0 Å². The number of aromatic nitrogens is 4. The molecule has 0 saturated carbocycles. The standard InChI is InChI=1S/C19H21N5O3/c1-12-6-16(19(26-3)4-5-27-10-19)23-18(7-12)24-11-21-14-9-20-17(8-15(14)24)22-13(2)25/h6-9,11H,4-5,10H2,1-3H3,(H,20,22,25)/t19-/m1/s1. The lowest BCUT2D eigenvalue weighted by atomic mass is 9.97. The summed E-state index contributed by atoms with van der Waals surface area (Å²) in [7, 11) is 1.69. The molecule has 0 aromatic carbocycles. The molecule has 140 valence electrons. The number of methoxy groups -OCH3 is 1. The van der Waals surface area contributed by atoms with E-state index >= 15 is 0 Å². The molecule has 1 N–H and O–H groups in total. The number of imidazole rings is 1. The van der Waals surface area contributed by atoms with E-state index in [1.54, 1.807) is 25.7 Å². The summed E-state index contributed by atoms with van der Waals surface area (Å²) in [6.07, 6.45) is 4.11. The van der Waals surface area contributed by atoms with Gasteiger partial charge in [0.15, 0.2) is 0 Å². The van der Waals surface area contributed by atoms with Crippen LogP contribution in [0, 0.1) is 6.92 Å². The summed E-state index contributed by atoms with van der Waals surface area (Å²) in [6, 6.07) is 5.81. The minimum absolute atomic E-state index is 0.174. The third-order valence-electron chi connectivity index (χ3n) is 4.78. The molecule has 0 aliphatic carbocycles. The van der Waals surface area contributed by atoms with Crippen LogP contribution in [-0.4, -0.2) is 45.7 Å². The van der Waals surface area contributed by atoms with Gasteiger partial charge in [0, 0.05) is 33.1 Å². The Hall–Kier alpha value is -2.84.